The third-order valence-electron chi connectivity index (χ3n) is 2.84. The molecule has 1 nitrogen and oxygen atoms in total. The van der Waals surface area contributed by atoms with E-state index in [1.807, 2.05) is 0 Å². The molecule has 1 aromatic rings. The highest BCUT2D eigenvalue weighted by atomic mass is 32.1. The molecule has 0 aliphatic carbocycles. The molecule has 0 aromatic heterocycles. The summed E-state index contributed by atoms with van der Waals surface area (Å²) in [5, 5.41) is 0. The SMILES string of the molecule is Cc1cccc(C)c1COC(S)(C(F)(F)F)C(F)(F)F. The Bertz CT molecular complexity index is 446. The first-order valence-corrected chi connectivity index (χ1v) is 5.90. The lowest BCUT2D eigenvalue weighted by molar-refractivity contribution is -0.342. The third kappa shape index (κ3) is 3.22. The van der Waals surface area contributed by atoms with Crippen LogP contribution in [0.5, 0.6) is 0 Å². The van der Waals surface area contributed by atoms with Crippen LogP contribution in [0.3, 0.4) is 0 Å². The monoisotopic (exact) mass is 318 g/mol. The zero-order chi connectivity index (χ0) is 15.8. The number of aryl methyl sites for hydroxylation is 2. The quantitative estimate of drug-likeness (QED) is 0.488. The summed E-state index contributed by atoms with van der Waals surface area (Å²) in [6.45, 7) is 2.32. The lowest BCUT2D eigenvalue weighted by atomic mass is 10.0. The summed E-state index contributed by atoms with van der Waals surface area (Å²) in [5.74, 6) is 0. The number of rotatable bonds is 3. The van der Waals surface area contributed by atoms with Crippen molar-refractivity contribution in [3.63, 3.8) is 0 Å². The summed E-state index contributed by atoms with van der Waals surface area (Å²) in [5.41, 5.74) is 1.37. The summed E-state index contributed by atoms with van der Waals surface area (Å²) < 4.78 is 79.6. The molecule has 0 atom stereocenters. The van der Waals surface area contributed by atoms with E-state index >= 15 is 0 Å². The van der Waals surface area contributed by atoms with Crippen molar-refractivity contribution in [3.8, 4) is 0 Å². The lowest BCUT2D eigenvalue weighted by Gasteiger charge is -2.33. The minimum absolute atomic E-state index is 0.277. The molecule has 0 fully saturated rings. The molecule has 0 unspecified atom stereocenters. The number of ether oxygens (including phenoxy) is 1. The Morgan fingerprint density at radius 3 is 1.70 bits per heavy atom. The molecule has 1 aromatic carbocycles. The van der Waals surface area contributed by atoms with E-state index < -0.39 is 23.9 Å². The molecule has 20 heavy (non-hydrogen) atoms. The van der Waals surface area contributed by atoms with Crippen molar-refractivity contribution < 1.29 is 31.1 Å². The van der Waals surface area contributed by atoms with Crippen LogP contribution in [0.4, 0.5) is 26.3 Å². The predicted octanol–water partition coefficient (Wildman–Crippen LogP) is 4.57. The molecule has 8 heteroatoms. The van der Waals surface area contributed by atoms with Crippen LogP contribution in [0.15, 0.2) is 18.2 Å². The molecule has 0 bridgehead atoms. The van der Waals surface area contributed by atoms with Crippen LogP contribution in [-0.2, 0) is 11.3 Å². The molecule has 0 spiro atoms. The van der Waals surface area contributed by atoms with Gasteiger partial charge in [-0.1, -0.05) is 18.2 Å². The van der Waals surface area contributed by atoms with Gasteiger partial charge >= 0.3 is 17.3 Å². The van der Waals surface area contributed by atoms with Crippen LogP contribution in [0.1, 0.15) is 16.7 Å². The van der Waals surface area contributed by atoms with Gasteiger partial charge in [0.05, 0.1) is 6.61 Å². The molecule has 0 heterocycles. The van der Waals surface area contributed by atoms with E-state index in [0.29, 0.717) is 11.1 Å². The van der Waals surface area contributed by atoms with Crippen LogP contribution in [0.25, 0.3) is 0 Å². The number of hydrogen-bond donors (Lipinski definition) is 1. The van der Waals surface area contributed by atoms with Crippen molar-refractivity contribution in [2.24, 2.45) is 0 Å². The van der Waals surface area contributed by atoms with Crippen molar-refractivity contribution in [1.82, 2.24) is 0 Å². The van der Waals surface area contributed by atoms with Gasteiger partial charge in [0, 0.05) is 0 Å². The summed E-state index contributed by atoms with van der Waals surface area (Å²) in [6.07, 6.45) is -11.4. The van der Waals surface area contributed by atoms with Gasteiger partial charge in [-0.3, -0.25) is 0 Å². The first-order valence-electron chi connectivity index (χ1n) is 5.45. The second-order valence-electron chi connectivity index (χ2n) is 4.30. The van der Waals surface area contributed by atoms with E-state index in [4.69, 9.17) is 0 Å². The molecule has 0 N–H and O–H groups in total. The zero-order valence-electron chi connectivity index (χ0n) is 10.6. The minimum Gasteiger partial charge on any atom is -0.344 e. The highest BCUT2D eigenvalue weighted by Gasteiger charge is 2.70. The molecule has 114 valence electrons. The Balaban J connectivity index is 3.06. The highest BCUT2D eigenvalue weighted by Crippen LogP contribution is 2.49. The highest BCUT2D eigenvalue weighted by molar-refractivity contribution is 7.81. The van der Waals surface area contributed by atoms with Gasteiger partial charge in [0.2, 0.25) is 0 Å². The number of alkyl halides is 6. The summed E-state index contributed by atoms with van der Waals surface area (Å²) in [4.78, 5) is -4.49. The number of thiol groups is 1. The van der Waals surface area contributed by atoms with Crippen molar-refractivity contribution in [2.45, 2.75) is 37.7 Å². The van der Waals surface area contributed by atoms with Gasteiger partial charge in [-0.25, -0.2) is 0 Å². The van der Waals surface area contributed by atoms with Crippen molar-refractivity contribution in [2.75, 3.05) is 0 Å². The fourth-order valence-electron chi connectivity index (χ4n) is 1.58. The Hall–Kier alpha value is -0.890. The Labute approximate surface area is 117 Å². The smallest absolute Gasteiger partial charge is 0.344 e. The van der Waals surface area contributed by atoms with Gasteiger partial charge in [0.25, 0.3) is 0 Å². The second kappa shape index (κ2) is 5.48. The van der Waals surface area contributed by atoms with E-state index in [1.54, 1.807) is 32.0 Å². The van der Waals surface area contributed by atoms with Gasteiger partial charge in [-0.2, -0.15) is 26.3 Å². The molecule has 0 saturated carbocycles. The Kier molecular flexibility index (Phi) is 4.70. The van der Waals surface area contributed by atoms with Gasteiger partial charge < -0.3 is 4.74 Å². The predicted molar refractivity (Wildman–Crippen MR) is 64.5 cm³/mol. The summed E-state index contributed by atoms with van der Waals surface area (Å²) >= 11 is 2.71. The van der Waals surface area contributed by atoms with Crippen LogP contribution < -0.4 is 0 Å². The van der Waals surface area contributed by atoms with Crippen LogP contribution in [0.2, 0.25) is 0 Å². The largest absolute Gasteiger partial charge is 0.436 e. The average Bonchev–Trinajstić information content (AvgIpc) is 2.24. The van der Waals surface area contributed by atoms with Crippen molar-refractivity contribution in [1.29, 1.82) is 0 Å². The van der Waals surface area contributed by atoms with Crippen molar-refractivity contribution in [3.05, 3.63) is 34.9 Å². The van der Waals surface area contributed by atoms with Gasteiger partial charge in [0.1, 0.15) is 0 Å². The minimum atomic E-state index is -5.68. The molecule has 0 aliphatic heterocycles. The summed E-state index contributed by atoms with van der Waals surface area (Å²) in [7, 11) is 0. The zero-order valence-corrected chi connectivity index (χ0v) is 11.5. The fourth-order valence-corrected chi connectivity index (χ4v) is 1.64. The van der Waals surface area contributed by atoms with Gasteiger partial charge in [-0.15, -0.1) is 12.6 Å². The first-order chi connectivity index (χ1) is 8.90. The third-order valence-corrected chi connectivity index (χ3v) is 3.47. The van der Waals surface area contributed by atoms with E-state index in [1.165, 1.54) is 0 Å². The maximum absolute atomic E-state index is 12.6. The van der Waals surface area contributed by atoms with E-state index in [2.05, 4.69) is 17.4 Å². The number of benzene rings is 1. The molecule has 1 rings (SSSR count). The molecule has 0 radical (unpaired) electrons. The average molecular weight is 318 g/mol. The number of halogens is 6. The van der Waals surface area contributed by atoms with E-state index in [-0.39, 0.29) is 5.56 Å². The van der Waals surface area contributed by atoms with Gasteiger partial charge in [0.15, 0.2) is 0 Å². The molecule has 0 amide bonds. The normalized spacial score (nSPS) is 13.7. The Morgan fingerprint density at radius 1 is 0.950 bits per heavy atom. The van der Waals surface area contributed by atoms with Crippen molar-refractivity contribution >= 4 is 12.6 Å². The molecule has 0 saturated heterocycles. The van der Waals surface area contributed by atoms with E-state index in [9.17, 15) is 26.3 Å². The standard InChI is InChI=1S/C12H12F6OS/c1-7-4-3-5-8(2)9(7)6-19-10(20,11(13,14)15)12(16,17)18/h3-5,20H,6H2,1-2H3. The molecular formula is C12H12F6OS. The van der Waals surface area contributed by atoms with Crippen LogP contribution in [0, 0.1) is 13.8 Å². The Morgan fingerprint density at radius 2 is 1.35 bits per heavy atom. The van der Waals surface area contributed by atoms with Crippen LogP contribution >= 0.6 is 12.6 Å². The molecule has 0 aliphatic rings. The van der Waals surface area contributed by atoms with Crippen LogP contribution in [-0.4, -0.2) is 17.3 Å². The summed E-state index contributed by atoms with van der Waals surface area (Å²) in [6, 6.07) is 4.80. The maximum atomic E-state index is 12.6. The maximum Gasteiger partial charge on any atom is 0.436 e. The lowest BCUT2D eigenvalue weighted by Crippen LogP contribution is -2.54. The fraction of sp³-hybridized carbons (Fsp3) is 0.500. The first kappa shape index (κ1) is 17.2. The molecular weight excluding hydrogens is 306 g/mol. The second-order valence-corrected chi connectivity index (χ2v) is 4.93. The number of hydrogen-bond acceptors (Lipinski definition) is 2. The van der Waals surface area contributed by atoms with Gasteiger partial charge in [-0.05, 0) is 30.5 Å². The topological polar surface area (TPSA) is 9.23 Å². The van der Waals surface area contributed by atoms with E-state index in [0.717, 1.165) is 0 Å².